The van der Waals surface area contributed by atoms with Crippen molar-refractivity contribution in [2.24, 2.45) is 0 Å². The Morgan fingerprint density at radius 3 is 2.39 bits per heavy atom. The Morgan fingerprint density at radius 2 is 1.72 bits per heavy atom. The number of carbonyl (C=O) groups is 1. The van der Waals surface area contributed by atoms with Gasteiger partial charge in [-0.15, -0.1) is 0 Å². The lowest BCUT2D eigenvalue weighted by molar-refractivity contribution is 0.0982. The predicted molar refractivity (Wildman–Crippen MR) is 75.0 cm³/mol. The van der Waals surface area contributed by atoms with E-state index >= 15 is 0 Å². The highest BCUT2D eigenvalue weighted by Gasteiger charge is 2.08. The number of hydrogen-bond donors (Lipinski definition) is 0. The summed E-state index contributed by atoms with van der Waals surface area (Å²) >= 11 is 0. The van der Waals surface area contributed by atoms with Crippen molar-refractivity contribution >= 4 is 5.78 Å². The molecule has 0 aliphatic rings. The Morgan fingerprint density at radius 1 is 1.00 bits per heavy atom. The van der Waals surface area contributed by atoms with E-state index in [2.05, 4.69) is 18.2 Å². The molecule has 0 heterocycles. The zero-order valence-electron chi connectivity index (χ0n) is 10.9. The van der Waals surface area contributed by atoms with Crippen molar-refractivity contribution in [3.8, 4) is 0 Å². The zero-order chi connectivity index (χ0) is 13.0. The standard InChI is InChI=1S/C17H18O/c1-13-8-10-16(14(2)12-13)17(18)11-9-15-6-4-3-5-7-15/h3-8,10,12H,9,11H2,1-2H3. The van der Waals surface area contributed by atoms with Crippen LogP contribution < -0.4 is 0 Å². The molecule has 0 saturated carbocycles. The molecule has 1 nitrogen and oxygen atoms in total. The minimum atomic E-state index is 0.233. The van der Waals surface area contributed by atoms with E-state index in [0.717, 1.165) is 17.5 Å². The molecule has 0 bridgehead atoms. The molecule has 0 unspecified atom stereocenters. The normalized spacial score (nSPS) is 10.3. The van der Waals surface area contributed by atoms with Gasteiger partial charge in [-0.1, -0.05) is 54.1 Å². The average Bonchev–Trinajstić information content (AvgIpc) is 2.37. The van der Waals surface area contributed by atoms with Gasteiger partial charge in [-0.05, 0) is 31.4 Å². The predicted octanol–water partition coefficient (Wildman–Crippen LogP) is 4.12. The minimum Gasteiger partial charge on any atom is -0.294 e. The van der Waals surface area contributed by atoms with Gasteiger partial charge in [-0.2, -0.15) is 0 Å². The first-order chi connectivity index (χ1) is 8.66. The minimum absolute atomic E-state index is 0.233. The van der Waals surface area contributed by atoms with E-state index in [1.165, 1.54) is 11.1 Å². The Kier molecular flexibility index (Phi) is 3.93. The topological polar surface area (TPSA) is 17.1 Å². The third kappa shape index (κ3) is 3.07. The van der Waals surface area contributed by atoms with E-state index < -0.39 is 0 Å². The maximum Gasteiger partial charge on any atom is 0.163 e. The second-order valence-corrected chi connectivity index (χ2v) is 4.73. The SMILES string of the molecule is Cc1ccc(C(=O)CCc2ccccc2)c(C)c1. The number of Topliss-reactive ketones (excluding diaryl/α,β-unsaturated/α-hetero) is 1. The molecule has 0 amide bonds. The van der Waals surface area contributed by atoms with Crippen LogP contribution in [0.1, 0.15) is 33.5 Å². The first-order valence-electron chi connectivity index (χ1n) is 6.31. The van der Waals surface area contributed by atoms with Crippen molar-refractivity contribution in [3.63, 3.8) is 0 Å². The highest BCUT2D eigenvalue weighted by Crippen LogP contribution is 2.14. The molecule has 18 heavy (non-hydrogen) atoms. The van der Waals surface area contributed by atoms with Gasteiger partial charge in [0, 0.05) is 12.0 Å². The molecule has 0 saturated heterocycles. The molecular weight excluding hydrogens is 220 g/mol. The van der Waals surface area contributed by atoms with Crippen LogP contribution >= 0.6 is 0 Å². The van der Waals surface area contributed by atoms with Gasteiger partial charge in [-0.3, -0.25) is 4.79 Å². The maximum absolute atomic E-state index is 12.2. The molecule has 2 aromatic carbocycles. The fourth-order valence-electron chi connectivity index (χ4n) is 2.16. The van der Waals surface area contributed by atoms with Crippen LogP contribution in [0.25, 0.3) is 0 Å². The number of benzene rings is 2. The van der Waals surface area contributed by atoms with Crippen LogP contribution in [0.15, 0.2) is 48.5 Å². The van der Waals surface area contributed by atoms with Gasteiger partial charge < -0.3 is 0 Å². The number of carbonyl (C=O) groups excluding carboxylic acids is 1. The molecule has 1 heteroatoms. The lowest BCUT2D eigenvalue weighted by atomic mass is 9.98. The van der Waals surface area contributed by atoms with Gasteiger partial charge in [-0.25, -0.2) is 0 Å². The van der Waals surface area contributed by atoms with Crippen LogP contribution in [0.3, 0.4) is 0 Å². The highest BCUT2D eigenvalue weighted by molar-refractivity contribution is 5.97. The Labute approximate surface area is 108 Å². The van der Waals surface area contributed by atoms with Crippen LogP contribution in [-0.2, 0) is 6.42 Å². The summed E-state index contributed by atoms with van der Waals surface area (Å²) in [5, 5.41) is 0. The maximum atomic E-state index is 12.2. The molecule has 0 aliphatic heterocycles. The Balaban J connectivity index is 2.04. The summed E-state index contributed by atoms with van der Waals surface area (Å²) in [6.45, 7) is 4.05. The number of rotatable bonds is 4. The first-order valence-corrected chi connectivity index (χ1v) is 6.31. The summed E-state index contributed by atoms with van der Waals surface area (Å²) < 4.78 is 0. The Hall–Kier alpha value is -1.89. The number of hydrogen-bond acceptors (Lipinski definition) is 1. The molecule has 0 fully saturated rings. The lowest BCUT2D eigenvalue weighted by Crippen LogP contribution is -2.03. The number of ketones is 1. The van der Waals surface area contributed by atoms with Crippen molar-refractivity contribution < 1.29 is 4.79 Å². The summed E-state index contributed by atoms with van der Waals surface area (Å²) in [4.78, 5) is 12.2. The van der Waals surface area contributed by atoms with Crippen LogP contribution in [0.5, 0.6) is 0 Å². The zero-order valence-corrected chi connectivity index (χ0v) is 10.9. The van der Waals surface area contributed by atoms with E-state index in [-0.39, 0.29) is 5.78 Å². The van der Waals surface area contributed by atoms with E-state index in [4.69, 9.17) is 0 Å². The van der Waals surface area contributed by atoms with Crippen molar-refractivity contribution in [2.75, 3.05) is 0 Å². The monoisotopic (exact) mass is 238 g/mol. The lowest BCUT2D eigenvalue weighted by Gasteiger charge is -2.06. The van der Waals surface area contributed by atoms with Gasteiger partial charge in [0.05, 0.1) is 0 Å². The first kappa shape index (κ1) is 12.6. The van der Waals surface area contributed by atoms with E-state index in [0.29, 0.717) is 6.42 Å². The largest absolute Gasteiger partial charge is 0.294 e. The van der Waals surface area contributed by atoms with E-state index in [9.17, 15) is 4.79 Å². The summed E-state index contributed by atoms with van der Waals surface area (Å²) in [5.41, 5.74) is 4.35. The molecule has 0 spiro atoms. The van der Waals surface area contributed by atoms with Gasteiger partial charge in [0.1, 0.15) is 0 Å². The Bertz CT molecular complexity index is 541. The fourth-order valence-corrected chi connectivity index (χ4v) is 2.16. The molecule has 0 N–H and O–H groups in total. The van der Waals surface area contributed by atoms with Crippen molar-refractivity contribution in [3.05, 3.63) is 70.8 Å². The second-order valence-electron chi connectivity index (χ2n) is 4.73. The van der Waals surface area contributed by atoms with Gasteiger partial charge >= 0.3 is 0 Å². The molecule has 92 valence electrons. The quantitative estimate of drug-likeness (QED) is 0.732. The summed E-state index contributed by atoms with van der Waals surface area (Å²) in [6.07, 6.45) is 1.39. The van der Waals surface area contributed by atoms with Gasteiger partial charge in [0.15, 0.2) is 5.78 Å². The molecule has 0 aliphatic carbocycles. The van der Waals surface area contributed by atoms with Crippen LogP contribution in [0.4, 0.5) is 0 Å². The fraction of sp³-hybridized carbons (Fsp3) is 0.235. The van der Waals surface area contributed by atoms with Crippen molar-refractivity contribution in [1.29, 1.82) is 0 Å². The van der Waals surface area contributed by atoms with Crippen LogP contribution in [0.2, 0.25) is 0 Å². The van der Waals surface area contributed by atoms with Crippen LogP contribution in [-0.4, -0.2) is 5.78 Å². The summed E-state index contributed by atoms with van der Waals surface area (Å²) in [6, 6.07) is 16.2. The molecule has 0 atom stereocenters. The number of aryl methyl sites for hydroxylation is 3. The average molecular weight is 238 g/mol. The van der Waals surface area contributed by atoms with Crippen molar-refractivity contribution in [2.45, 2.75) is 26.7 Å². The molecule has 2 aromatic rings. The third-order valence-corrected chi connectivity index (χ3v) is 3.17. The van der Waals surface area contributed by atoms with E-state index in [1.807, 2.05) is 44.2 Å². The van der Waals surface area contributed by atoms with Crippen LogP contribution in [0, 0.1) is 13.8 Å². The molecule has 0 radical (unpaired) electrons. The van der Waals surface area contributed by atoms with Crippen molar-refractivity contribution in [1.82, 2.24) is 0 Å². The third-order valence-electron chi connectivity index (χ3n) is 3.17. The highest BCUT2D eigenvalue weighted by atomic mass is 16.1. The second kappa shape index (κ2) is 5.63. The summed E-state index contributed by atoms with van der Waals surface area (Å²) in [7, 11) is 0. The van der Waals surface area contributed by atoms with Gasteiger partial charge in [0.2, 0.25) is 0 Å². The van der Waals surface area contributed by atoms with Gasteiger partial charge in [0.25, 0.3) is 0 Å². The molecule has 2 rings (SSSR count). The molecular formula is C17H18O. The smallest absolute Gasteiger partial charge is 0.163 e. The molecule has 0 aromatic heterocycles. The van der Waals surface area contributed by atoms with E-state index in [1.54, 1.807) is 0 Å². The summed E-state index contributed by atoms with van der Waals surface area (Å²) in [5.74, 6) is 0.233.